The van der Waals surface area contributed by atoms with Gasteiger partial charge in [0.15, 0.2) is 12.1 Å². The molecule has 2 aliphatic rings. The van der Waals surface area contributed by atoms with Gasteiger partial charge < -0.3 is 5.32 Å². The van der Waals surface area contributed by atoms with Crippen LogP contribution in [0, 0.1) is 6.92 Å². The molecule has 0 bridgehead atoms. The van der Waals surface area contributed by atoms with Crippen LogP contribution in [0.15, 0.2) is 58.9 Å². The van der Waals surface area contributed by atoms with Crippen molar-refractivity contribution in [2.24, 2.45) is 10.3 Å². The molecule has 0 radical (unpaired) electrons. The van der Waals surface area contributed by atoms with Crippen molar-refractivity contribution in [2.75, 3.05) is 16.8 Å². The molecule has 2 atom stereocenters. The van der Waals surface area contributed by atoms with Gasteiger partial charge in [0.1, 0.15) is 6.54 Å². The zero-order valence-electron chi connectivity index (χ0n) is 17.1. The van der Waals surface area contributed by atoms with Crippen LogP contribution in [0.3, 0.4) is 0 Å². The van der Waals surface area contributed by atoms with Crippen molar-refractivity contribution in [3.8, 4) is 0 Å². The van der Waals surface area contributed by atoms with Crippen LogP contribution >= 0.6 is 0 Å². The number of benzene rings is 2. The average Bonchev–Trinajstić information content (AvgIpc) is 3.21. The molecule has 0 spiro atoms. The number of rotatable bonds is 5. The number of carbonyl (C=O) groups is 3. The van der Waals surface area contributed by atoms with Crippen molar-refractivity contribution >= 4 is 29.1 Å². The number of anilines is 2. The fraction of sp³-hybridized carbons (Fsp3) is 0.318. The lowest BCUT2D eigenvalue weighted by Gasteiger charge is -2.20. The van der Waals surface area contributed by atoms with E-state index in [0.717, 1.165) is 16.0 Å². The van der Waals surface area contributed by atoms with E-state index in [1.807, 2.05) is 37.3 Å². The Hall–Kier alpha value is -3.55. The summed E-state index contributed by atoms with van der Waals surface area (Å²) in [5.41, 5.74) is 3.30. The number of amides is 3. The number of hydrogen-bond donors (Lipinski definition) is 1. The first kappa shape index (κ1) is 19.8. The quantitative estimate of drug-likeness (QED) is 0.774. The van der Waals surface area contributed by atoms with Gasteiger partial charge in [0.25, 0.3) is 11.8 Å². The fourth-order valence-corrected chi connectivity index (χ4v) is 3.69. The zero-order valence-corrected chi connectivity index (χ0v) is 17.1. The maximum absolute atomic E-state index is 13.0. The van der Waals surface area contributed by atoms with Gasteiger partial charge in [0.05, 0.1) is 5.69 Å². The van der Waals surface area contributed by atoms with Crippen molar-refractivity contribution in [1.82, 2.24) is 5.01 Å². The highest BCUT2D eigenvalue weighted by atomic mass is 16.2. The van der Waals surface area contributed by atoms with Gasteiger partial charge in [-0.3, -0.25) is 19.4 Å². The lowest BCUT2D eigenvalue weighted by atomic mass is 10.0. The average molecular weight is 405 g/mol. The van der Waals surface area contributed by atoms with E-state index >= 15 is 0 Å². The van der Waals surface area contributed by atoms with Gasteiger partial charge >= 0.3 is 0 Å². The Morgan fingerprint density at radius 1 is 1.10 bits per heavy atom. The summed E-state index contributed by atoms with van der Waals surface area (Å²) >= 11 is 0. The van der Waals surface area contributed by atoms with Gasteiger partial charge in [-0.15, -0.1) is 0 Å². The summed E-state index contributed by atoms with van der Waals surface area (Å²) in [5.74, 6) is -0.830. The molecule has 3 amide bonds. The Balaban J connectivity index is 1.48. The maximum atomic E-state index is 13.0. The lowest BCUT2D eigenvalue weighted by Crippen LogP contribution is -2.43. The van der Waals surface area contributed by atoms with E-state index < -0.39 is 23.9 Å². The van der Waals surface area contributed by atoms with E-state index in [9.17, 15) is 14.4 Å². The van der Waals surface area contributed by atoms with E-state index in [1.54, 1.807) is 18.2 Å². The third-order valence-electron chi connectivity index (χ3n) is 5.28. The molecule has 4 rings (SSSR count). The van der Waals surface area contributed by atoms with Crippen LogP contribution in [-0.2, 0) is 14.4 Å². The topological polar surface area (TPSA) is 94.4 Å². The van der Waals surface area contributed by atoms with Crippen LogP contribution < -0.4 is 10.2 Å². The maximum Gasteiger partial charge on any atom is 0.263 e. The van der Waals surface area contributed by atoms with Crippen molar-refractivity contribution in [3.05, 3.63) is 59.7 Å². The zero-order chi connectivity index (χ0) is 21.4. The second-order valence-electron chi connectivity index (χ2n) is 7.87. The molecule has 1 N–H and O–H groups in total. The SMILES string of the molecule is Cc1cccc(NC(=O)CN2N=N[C@H]3C(=O)N(c4ccc(C(C)C)cc4)C(=O)[C@@H]32)c1. The summed E-state index contributed by atoms with van der Waals surface area (Å²) in [4.78, 5) is 39.4. The molecular weight excluding hydrogens is 382 g/mol. The second-order valence-corrected chi connectivity index (χ2v) is 7.87. The molecular formula is C22H23N5O3. The normalized spacial score (nSPS) is 20.3. The third kappa shape index (κ3) is 3.56. The van der Waals surface area contributed by atoms with Gasteiger partial charge in [0.2, 0.25) is 5.91 Å². The molecule has 0 unspecified atom stereocenters. The molecule has 8 heteroatoms. The molecule has 2 aromatic rings. The molecule has 2 aromatic carbocycles. The first-order valence-corrected chi connectivity index (χ1v) is 9.87. The highest BCUT2D eigenvalue weighted by Crippen LogP contribution is 2.32. The fourth-order valence-electron chi connectivity index (χ4n) is 3.69. The molecule has 2 aliphatic heterocycles. The number of imide groups is 1. The van der Waals surface area contributed by atoms with Crippen LogP contribution in [0.4, 0.5) is 11.4 Å². The minimum atomic E-state index is -0.922. The first-order valence-electron chi connectivity index (χ1n) is 9.87. The number of fused-ring (bicyclic) bond motifs is 1. The van der Waals surface area contributed by atoms with E-state index in [2.05, 4.69) is 29.5 Å². The highest BCUT2D eigenvalue weighted by molar-refractivity contribution is 6.25. The van der Waals surface area contributed by atoms with Crippen LogP contribution in [0.1, 0.15) is 30.9 Å². The Morgan fingerprint density at radius 3 is 2.50 bits per heavy atom. The lowest BCUT2D eigenvalue weighted by molar-refractivity contribution is -0.123. The minimum Gasteiger partial charge on any atom is -0.324 e. The van der Waals surface area contributed by atoms with Gasteiger partial charge in [-0.05, 0) is 48.2 Å². The van der Waals surface area contributed by atoms with Crippen molar-refractivity contribution in [1.29, 1.82) is 0 Å². The van der Waals surface area contributed by atoms with Gasteiger partial charge in [-0.1, -0.05) is 43.3 Å². The summed E-state index contributed by atoms with van der Waals surface area (Å²) < 4.78 is 0. The molecule has 0 aromatic heterocycles. The molecule has 1 fully saturated rings. The van der Waals surface area contributed by atoms with E-state index in [1.165, 1.54) is 5.01 Å². The number of nitrogens with zero attached hydrogens (tertiary/aromatic N) is 4. The van der Waals surface area contributed by atoms with Gasteiger partial charge in [-0.2, -0.15) is 5.11 Å². The minimum absolute atomic E-state index is 0.169. The van der Waals surface area contributed by atoms with Crippen molar-refractivity contribution in [3.63, 3.8) is 0 Å². The van der Waals surface area contributed by atoms with Crippen LogP contribution in [-0.4, -0.2) is 41.4 Å². The smallest absolute Gasteiger partial charge is 0.263 e. The van der Waals surface area contributed by atoms with E-state index in [4.69, 9.17) is 0 Å². The Kier molecular flexibility index (Phi) is 5.07. The van der Waals surface area contributed by atoms with Crippen LogP contribution in [0.25, 0.3) is 0 Å². The molecule has 154 valence electrons. The number of hydrogen-bond acceptors (Lipinski definition) is 6. The predicted octanol–water partition coefficient (Wildman–Crippen LogP) is 3.05. The Morgan fingerprint density at radius 2 is 1.83 bits per heavy atom. The summed E-state index contributed by atoms with van der Waals surface area (Å²) in [5, 5.41) is 12.0. The Labute approximate surface area is 174 Å². The highest BCUT2D eigenvalue weighted by Gasteiger charge is 2.55. The summed E-state index contributed by atoms with van der Waals surface area (Å²) in [6, 6.07) is 12.9. The summed E-state index contributed by atoms with van der Waals surface area (Å²) in [6.07, 6.45) is 0. The number of carbonyl (C=O) groups excluding carboxylic acids is 3. The number of aryl methyl sites for hydroxylation is 1. The second kappa shape index (κ2) is 7.70. The Bertz CT molecular complexity index is 1030. The molecule has 30 heavy (non-hydrogen) atoms. The van der Waals surface area contributed by atoms with E-state index in [-0.39, 0.29) is 12.5 Å². The summed E-state index contributed by atoms with van der Waals surface area (Å²) in [6.45, 7) is 5.91. The van der Waals surface area contributed by atoms with Crippen LogP contribution in [0.2, 0.25) is 0 Å². The monoisotopic (exact) mass is 405 g/mol. The standard InChI is InChI=1S/C22H23N5O3/c1-13(2)15-7-9-17(10-8-15)27-21(29)19-20(22(27)30)26(25-24-19)12-18(28)23-16-6-4-5-14(3)11-16/h4-11,13,19-20H,12H2,1-3H3,(H,23,28)/t19-,20-/m1/s1. The molecule has 0 saturated carbocycles. The first-order chi connectivity index (χ1) is 14.3. The largest absolute Gasteiger partial charge is 0.324 e. The van der Waals surface area contributed by atoms with Gasteiger partial charge in [-0.25, -0.2) is 4.90 Å². The predicted molar refractivity (Wildman–Crippen MR) is 112 cm³/mol. The van der Waals surface area contributed by atoms with Crippen LogP contribution in [0.5, 0.6) is 0 Å². The van der Waals surface area contributed by atoms with Gasteiger partial charge in [0, 0.05) is 5.69 Å². The molecule has 2 heterocycles. The third-order valence-corrected chi connectivity index (χ3v) is 5.28. The number of nitrogens with one attached hydrogen (secondary N) is 1. The molecule has 1 saturated heterocycles. The van der Waals surface area contributed by atoms with E-state index in [0.29, 0.717) is 17.3 Å². The molecule has 0 aliphatic carbocycles. The van der Waals surface area contributed by atoms with Crippen molar-refractivity contribution in [2.45, 2.75) is 38.8 Å². The summed E-state index contributed by atoms with van der Waals surface area (Å²) in [7, 11) is 0. The molecule has 8 nitrogen and oxygen atoms in total. The van der Waals surface area contributed by atoms with Crippen molar-refractivity contribution < 1.29 is 14.4 Å².